The zero-order chi connectivity index (χ0) is 13.9. The molecule has 0 aromatic heterocycles. The number of benzene rings is 1. The summed E-state index contributed by atoms with van der Waals surface area (Å²) >= 11 is 3.41. The number of rotatable bonds is 5. The molecule has 0 heterocycles. The Labute approximate surface area is 114 Å². The van der Waals surface area contributed by atoms with Crippen molar-refractivity contribution in [1.82, 2.24) is 0 Å². The van der Waals surface area contributed by atoms with Crippen LogP contribution in [0.15, 0.2) is 10.5 Å². The normalized spacial score (nSPS) is 12.1. The van der Waals surface area contributed by atoms with Crippen molar-refractivity contribution in [2.24, 2.45) is 5.73 Å². The molecule has 0 saturated carbocycles. The van der Waals surface area contributed by atoms with Crippen molar-refractivity contribution >= 4 is 21.9 Å². The van der Waals surface area contributed by atoms with E-state index in [-0.39, 0.29) is 6.42 Å². The molecule has 100 valence electrons. The predicted molar refractivity (Wildman–Crippen MR) is 71.3 cm³/mol. The Bertz CT molecular complexity index is 462. The average molecular weight is 318 g/mol. The third-order valence-corrected chi connectivity index (χ3v) is 3.52. The van der Waals surface area contributed by atoms with Crippen molar-refractivity contribution in [3.8, 4) is 11.5 Å². The first-order valence-electron chi connectivity index (χ1n) is 5.30. The van der Waals surface area contributed by atoms with E-state index >= 15 is 0 Å². The summed E-state index contributed by atoms with van der Waals surface area (Å²) in [6.07, 6.45) is 0.224. The van der Waals surface area contributed by atoms with E-state index in [1.165, 1.54) is 7.11 Å². The Kier molecular flexibility index (Phi) is 4.98. The summed E-state index contributed by atoms with van der Waals surface area (Å²) in [7, 11) is 3.07. The van der Waals surface area contributed by atoms with Gasteiger partial charge in [0.05, 0.1) is 18.7 Å². The predicted octanol–water partition coefficient (Wildman–Crippen LogP) is 1.73. The number of hydrogen-bond donors (Lipinski definition) is 2. The molecule has 0 aliphatic rings. The van der Waals surface area contributed by atoms with Crippen LogP contribution in [0.1, 0.15) is 11.1 Å². The fourth-order valence-corrected chi connectivity index (χ4v) is 2.50. The minimum Gasteiger partial charge on any atom is -0.493 e. The van der Waals surface area contributed by atoms with Gasteiger partial charge in [0.1, 0.15) is 6.04 Å². The van der Waals surface area contributed by atoms with Crippen molar-refractivity contribution in [2.45, 2.75) is 19.4 Å². The second kappa shape index (κ2) is 6.06. The van der Waals surface area contributed by atoms with E-state index in [0.29, 0.717) is 16.0 Å². The van der Waals surface area contributed by atoms with Gasteiger partial charge in [0.15, 0.2) is 11.5 Å². The second-order valence-electron chi connectivity index (χ2n) is 3.87. The first-order valence-corrected chi connectivity index (χ1v) is 6.10. The van der Waals surface area contributed by atoms with Crippen LogP contribution in [0.4, 0.5) is 0 Å². The second-order valence-corrected chi connectivity index (χ2v) is 4.66. The van der Waals surface area contributed by atoms with Gasteiger partial charge < -0.3 is 20.3 Å². The van der Waals surface area contributed by atoms with Crippen LogP contribution in [-0.2, 0) is 11.2 Å². The maximum Gasteiger partial charge on any atom is 0.320 e. The molecule has 18 heavy (non-hydrogen) atoms. The third-order valence-electron chi connectivity index (χ3n) is 2.68. The Hall–Kier alpha value is -1.27. The van der Waals surface area contributed by atoms with E-state index in [4.69, 9.17) is 20.3 Å². The Balaban J connectivity index is 3.24. The summed E-state index contributed by atoms with van der Waals surface area (Å²) in [4.78, 5) is 10.8. The maximum atomic E-state index is 10.8. The molecule has 0 radical (unpaired) electrons. The molecule has 1 atom stereocenters. The molecule has 1 aromatic carbocycles. The highest BCUT2D eigenvalue weighted by atomic mass is 79.9. The van der Waals surface area contributed by atoms with Crippen molar-refractivity contribution in [3.63, 3.8) is 0 Å². The highest BCUT2D eigenvalue weighted by Crippen LogP contribution is 2.39. The molecule has 1 unspecified atom stereocenters. The van der Waals surface area contributed by atoms with Crippen molar-refractivity contribution in [1.29, 1.82) is 0 Å². The van der Waals surface area contributed by atoms with E-state index in [9.17, 15) is 4.79 Å². The summed E-state index contributed by atoms with van der Waals surface area (Å²) in [6.45, 7) is 1.87. The Morgan fingerprint density at radius 1 is 1.50 bits per heavy atom. The first kappa shape index (κ1) is 14.8. The van der Waals surface area contributed by atoms with Gasteiger partial charge in [-0.2, -0.15) is 0 Å². The lowest BCUT2D eigenvalue weighted by Gasteiger charge is -2.17. The topological polar surface area (TPSA) is 81.8 Å². The number of carboxylic acid groups (broad SMARTS) is 1. The number of aryl methyl sites for hydroxylation is 1. The van der Waals surface area contributed by atoms with Gasteiger partial charge in [0.25, 0.3) is 0 Å². The van der Waals surface area contributed by atoms with Crippen molar-refractivity contribution in [3.05, 3.63) is 21.7 Å². The maximum absolute atomic E-state index is 10.8. The van der Waals surface area contributed by atoms with Crippen LogP contribution in [-0.4, -0.2) is 31.3 Å². The van der Waals surface area contributed by atoms with E-state index in [1.54, 1.807) is 13.2 Å². The number of hydrogen-bond acceptors (Lipinski definition) is 4. The summed E-state index contributed by atoms with van der Waals surface area (Å²) in [5.74, 6) is 0.0984. The third kappa shape index (κ3) is 2.94. The van der Waals surface area contributed by atoms with Crippen LogP contribution < -0.4 is 15.2 Å². The van der Waals surface area contributed by atoms with Gasteiger partial charge in [-0.15, -0.1) is 0 Å². The van der Waals surface area contributed by atoms with Crippen LogP contribution in [0, 0.1) is 6.92 Å². The quantitative estimate of drug-likeness (QED) is 0.864. The molecular formula is C12H16BrNO4. The zero-order valence-electron chi connectivity index (χ0n) is 10.5. The number of ether oxygens (including phenoxy) is 2. The fourth-order valence-electron chi connectivity index (χ4n) is 1.67. The van der Waals surface area contributed by atoms with Gasteiger partial charge in [-0.3, -0.25) is 4.79 Å². The van der Waals surface area contributed by atoms with Crippen LogP contribution in [0.5, 0.6) is 11.5 Å². The fraction of sp³-hybridized carbons (Fsp3) is 0.417. The standard InChI is InChI=1S/C12H16BrNO4/c1-6-4-9(17-2)11(18-3)10(13)7(6)5-8(14)12(15)16/h4,8H,5,14H2,1-3H3,(H,15,16). The van der Waals surface area contributed by atoms with Crippen LogP contribution in [0.2, 0.25) is 0 Å². The summed E-state index contributed by atoms with van der Waals surface area (Å²) in [5, 5.41) is 8.86. The molecule has 0 aliphatic carbocycles. The summed E-state index contributed by atoms with van der Waals surface area (Å²) < 4.78 is 11.1. The van der Waals surface area contributed by atoms with E-state index in [0.717, 1.165) is 11.1 Å². The molecule has 0 saturated heterocycles. The van der Waals surface area contributed by atoms with E-state index in [2.05, 4.69) is 15.9 Å². The molecule has 0 bridgehead atoms. The van der Waals surface area contributed by atoms with Gasteiger partial charge in [-0.05, 0) is 46.5 Å². The monoisotopic (exact) mass is 317 g/mol. The van der Waals surface area contributed by atoms with Crippen molar-refractivity contribution < 1.29 is 19.4 Å². The summed E-state index contributed by atoms with van der Waals surface area (Å²) in [5.41, 5.74) is 7.26. The number of nitrogens with two attached hydrogens (primary N) is 1. The molecule has 0 spiro atoms. The zero-order valence-corrected chi connectivity index (χ0v) is 12.1. The molecular weight excluding hydrogens is 302 g/mol. The first-order chi connectivity index (χ1) is 8.42. The van der Waals surface area contributed by atoms with Crippen LogP contribution in [0.3, 0.4) is 0 Å². The molecule has 5 nitrogen and oxygen atoms in total. The lowest BCUT2D eigenvalue weighted by atomic mass is 10.0. The molecule has 0 fully saturated rings. The van der Waals surface area contributed by atoms with Gasteiger partial charge >= 0.3 is 5.97 Å². The van der Waals surface area contributed by atoms with Gasteiger partial charge in [0.2, 0.25) is 0 Å². The number of carboxylic acids is 1. The molecule has 0 aliphatic heterocycles. The van der Waals surface area contributed by atoms with Gasteiger partial charge in [-0.25, -0.2) is 0 Å². The Morgan fingerprint density at radius 2 is 2.11 bits per heavy atom. The molecule has 6 heteroatoms. The van der Waals surface area contributed by atoms with E-state index in [1.807, 2.05) is 6.92 Å². The highest BCUT2D eigenvalue weighted by Gasteiger charge is 2.20. The number of methoxy groups -OCH3 is 2. The SMILES string of the molecule is COc1cc(C)c(CC(N)C(=O)O)c(Br)c1OC. The smallest absolute Gasteiger partial charge is 0.320 e. The van der Waals surface area contributed by atoms with Crippen LogP contribution in [0.25, 0.3) is 0 Å². The Morgan fingerprint density at radius 3 is 2.56 bits per heavy atom. The van der Waals surface area contributed by atoms with Crippen molar-refractivity contribution in [2.75, 3.05) is 14.2 Å². The molecule has 3 N–H and O–H groups in total. The van der Waals surface area contributed by atoms with Gasteiger partial charge in [-0.1, -0.05) is 0 Å². The number of halogens is 1. The summed E-state index contributed by atoms with van der Waals surface area (Å²) in [6, 6.07) is 0.853. The molecule has 1 rings (SSSR count). The largest absolute Gasteiger partial charge is 0.493 e. The molecule has 0 amide bonds. The number of aliphatic carboxylic acids is 1. The number of carbonyl (C=O) groups is 1. The lowest BCUT2D eigenvalue weighted by molar-refractivity contribution is -0.138. The van der Waals surface area contributed by atoms with Crippen LogP contribution >= 0.6 is 15.9 Å². The highest BCUT2D eigenvalue weighted by molar-refractivity contribution is 9.10. The minimum absolute atomic E-state index is 0.224. The minimum atomic E-state index is -1.03. The average Bonchev–Trinajstić information content (AvgIpc) is 2.33. The van der Waals surface area contributed by atoms with E-state index < -0.39 is 12.0 Å². The lowest BCUT2D eigenvalue weighted by Crippen LogP contribution is -2.32. The molecule has 1 aromatic rings. The van der Waals surface area contributed by atoms with Gasteiger partial charge in [0, 0.05) is 0 Å².